The molecule has 3 heteroatoms. The summed E-state index contributed by atoms with van der Waals surface area (Å²) in [4.78, 5) is 4.32. The van der Waals surface area contributed by atoms with E-state index in [0.29, 0.717) is 0 Å². The predicted molar refractivity (Wildman–Crippen MR) is 54.6 cm³/mol. The van der Waals surface area contributed by atoms with Gasteiger partial charge < -0.3 is 10.3 Å². The zero-order valence-corrected chi connectivity index (χ0v) is 8.13. The number of nitrogens with two attached hydrogens (primary N) is 1. The molecule has 68 valence electrons. The highest BCUT2D eigenvalue weighted by Gasteiger charge is 2.08. The van der Waals surface area contributed by atoms with Gasteiger partial charge in [0.05, 0.1) is 17.4 Å². The molecule has 0 aliphatic heterocycles. The van der Waals surface area contributed by atoms with Crippen LogP contribution < -0.4 is 5.73 Å². The molecule has 3 nitrogen and oxygen atoms in total. The number of nitrogens with zero attached hydrogens (tertiary/aromatic N) is 2. The third-order valence-electron chi connectivity index (χ3n) is 2.47. The van der Waals surface area contributed by atoms with Crippen molar-refractivity contribution in [1.82, 2.24) is 9.55 Å². The minimum absolute atomic E-state index is 0.823. The van der Waals surface area contributed by atoms with Crippen LogP contribution in [0.5, 0.6) is 0 Å². The molecule has 0 atom stereocenters. The van der Waals surface area contributed by atoms with Crippen LogP contribution >= 0.6 is 0 Å². The fraction of sp³-hybridized carbons (Fsp3) is 0.300. The molecular formula is C10H13N3. The normalized spacial score (nSPS) is 11.0. The van der Waals surface area contributed by atoms with Crippen molar-refractivity contribution < 1.29 is 0 Å². The highest BCUT2D eigenvalue weighted by Crippen LogP contribution is 2.25. The van der Waals surface area contributed by atoms with E-state index >= 15 is 0 Å². The van der Waals surface area contributed by atoms with Gasteiger partial charge in [-0.3, -0.25) is 0 Å². The molecule has 0 unspecified atom stereocenters. The molecular weight excluding hydrogens is 162 g/mol. The Bertz CT molecular complexity index is 468. The fourth-order valence-electron chi connectivity index (χ4n) is 1.72. The molecule has 1 heterocycles. The summed E-state index contributed by atoms with van der Waals surface area (Å²) in [6.45, 7) is 4.06. The molecule has 13 heavy (non-hydrogen) atoms. The van der Waals surface area contributed by atoms with Gasteiger partial charge in [0, 0.05) is 12.7 Å². The van der Waals surface area contributed by atoms with E-state index in [9.17, 15) is 0 Å². The standard InChI is InChI=1S/C10H13N3/c1-6-4-8(11)7(2)9-10(6)13(3)5-12-9/h4-5H,11H2,1-3H3. The van der Waals surface area contributed by atoms with Crippen molar-refractivity contribution in [3.05, 3.63) is 23.5 Å². The van der Waals surface area contributed by atoms with Crippen LogP contribution in [0.25, 0.3) is 11.0 Å². The minimum atomic E-state index is 0.823. The Morgan fingerprint density at radius 1 is 1.38 bits per heavy atom. The van der Waals surface area contributed by atoms with Crippen LogP contribution in [0, 0.1) is 13.8 Å². The molecule has 0 aliphatic carbocycles. The lowest BCUT2D eigenvalue weighted by Crippen LogP contribution is -1.94. The summed E-state index contributed by atoms with van der Waals surface area (Å²) in [5.41, 5.74) is 11.1. The number of imidazole rings is 1. The Labute approximate surface area is 77.2 Å². The van der Waals surface area contributed by atoms with Crippen LogP contribution in [-0.2, 0) is 7.05 Å². The van der Waals surface area contributed by atoms with Crippen LogP contribution in [0.15, 0.2) is 12.4 Å². The molecule has 2 rings (SSSR count). The minimum Gasteiger partial charge on any atom is -0.398 e. The van der Waals surface area contributed by atoms with Gasteiger partial charge in [0.15, 0.2) is 0 Å². The van der Waals surface area contributed by atoms with E-state index in [1.165, 1.54) is 11.1 Å². The number of anilines is 1. The van der Waals surface area contributed by atoms with Crippen molar-refractivity contribution in [3.63, 3.8) is 0 Å². The van der Waals surface area contributed by atoms with Crippen LogP contribution in [-0.4, -0.2) is 9.55 Å². The van der Waals surface area contributed by atoms with Crippen molar-refractivity contribution in [2.24, 2.45) is 7.05 Å². The third-order valence-corrected chi connectivity index (χ3v) is 2.47. The molecule has 0 aliphatic rings. The number of aryl methyl sites for hydroxylation is 3. The van der Waals surface area contributed by atoms with Gasteiger partial charge in [-0.2, -0.15) is 0 Å². The van der Waals surface area contributed by atoms with Crippen molar-refractivity contribution in [1.29, 1.82) is 0 Å². The first-order chi connectivity index (χ1) is 6.11. The number of hydrogen-bond donors (Lipinski definition) is 1. The molecule has 2 N–H and O–H groups in total. The summed E-state index contributed by atoms with van der Waals surface area (Å²) >= 11 is 0. The summed E-state index contributed by atoms with van der Waals surface area (Å²) in [5, 5.41) is 0. The van der Waals surface area contributed by atoms with Crippen LogP contribution in [0.1, 0.15) is 11.1 Å². The smallest absolute Gasteiger partial charge is 0.0955 e. The van der Waals surface area contributed by atoms with Crippen molar-refractivity contribution in [2.45, 2.75) is 13.8 Å². The molecule has 1 aromatic heterocycles. The Balaban J connectivity index is 2.99. The van der Waals surface area contributed by atoms with Gasteiger partial charge in [0.25, 0.3) is 0 Å². The third kappa shape index (κ3) is 1.00. The number of rotatable bonds is 0. The van der Waals surface area contributed by atoms with Crippen LogP contribution in [0.4, 0.5) is 5.69 Å². The Hall–Kier alpha value is -1.51. The van der Waals surface area contributed by atoms with Gasteiger partial charge >= 0.3 is 0 Å². The van der Waals surface area contributed by atoms with Crippen LogP contribution in [0.3, 0.4) is 0 Å². The SMILES string of the molecule is Cc1c(N)cc(C)c2c1ncn2C. The maximum absolute atomic E-state index is 5.85. The lowest BCUT2D eigenvalue weighted by Gasteiger charge is -2.05. The number of hydrogen-bond acceptors (Lipinski definition) is 2. The summed E-state index contributed by atoms with van der Waals surface area (Å²) < 4.78 is 2.02. The molecule has 0 bridgehead atoms. The summed E-state index contributed by atoms with van der Waals surface area (Å²) in [7, 11) is 2.00. The first-order valence-corrected chi connectivity index (χ1v) is 4.28. The average Bonchev–Trinajstić information content (AvgIpc) is 2.44. The van der Waals surface area contributed by atoms with Gasteiger partial charge in [0.2, 0.25) is 0 Å². The maximum Gasteiger partial charge on any atom is 0.0955 e. The van der Waals surface area contributed by atoms with E-state index < -0.39 is 0 Å². The second-order valence-corrected chi connectivity index (χ2v) is 3.46. The van der Waals surface area contributed by atoms with Gasteiger partial charge in [-0.05, 0) is 31.0 Å². The first kappa shape index (κ1) is 8.10. The second-order valence-electron chi connectivity index (χ2n) is 3.46. The summed E-state index contributed by atoms with van der Waals surface area (Å²) in [6, 6.07) is 2.00. The van der Waals surface area contributed by atoms with E-state index in [1.807, 2.05) is 30.9 Å². The second kappa shape index (κ2) is 2.49. The number of fused-ring (bicyclic) bond motifs is 1. The monoisotopic (exact) mass is 175 g/mol. The van der Waals surface area contributed by atoms with E-state index in [1.54, 1.807) is 0 Å². The molecule has 2 aromatic rings. The molecule has 0 spiro atoms. The van der Waals surface area contributed by atoms with E-state index in [0.717, 1.165) is 16.8 Å². The maximum atomic E-state index is 5.85. The molecule has 0 saturated carbocycles. The quantitative estimate of drug-likeness (QED) is 0.620. The zero-order chi connectivity index (χ0) is 9.59. The molecule has 1 aromatic carbocycles. The van der Waals surface area contributed by atoms with Crippen molar-refractivity contribution in [2.75, 3.05) is 5.73 Å². The summed E-state index contributed by atoms with van der Waals surface area (Å²) in [5.74, 6) is 0. The Morgan fingerprint density at radius 2 is 2.08 bits per heavy atom. The highest BCUT2D eigenvalue weighted by molar-refractivity contribution is 5.86. The molecule has 0 radical (unpaired) electrons. The van der Waals surface area contributed by atoms with Crippen molar-refractivity contribution in [3.8, 4) is 0 Å². The number of benzene rings is 1. The van der Waals surface area contributed by atoms with E-state index in [2.05, 4.69) is 11.9 Å². The molecule has 0 fully saturated rings. The lowest BCUT2D eigenvalue weighted by atomic mass is 10.1. The van der Waals surface area contributed by atoms with Gasteiger partial charge in [-0.25, -0.2) is 4.98 Å². The topological polar surface area (TPSA) is 43.8 Å². The zero-order valence-electron chi connectivity index (χ0n) is 8.13. The lowest BCUT2D eigenvalue weighted by molar-refractivity contribution is 0.944. The first-order valence-electron chi connectivity index (χ1n) is 4.28. The highest BCUT2D eigenvalue weighted by atomic mass is 15.0. The average molecular weight is 175 g/mol. The van der Waals surface area contributed by atoms with Gasteiger partial charge in [-0.1, -0.05) is 0 Å². The Kier molecular flexibility index (Phi) is 1.55. The van der Waals surface area contributed by atoms with Crippen molar-refractivity contribution >= 4 is 16.7 Å². The van der Waals surface area contributed by atoms with Gasteiger partial charge in [-0.15, -0.1) is 0 Å². The van der Waals surface area contributed by atoms with Gasteiger partial charge in [0.1, 0.15) is 0 Å². The van der Waals surface area contributed by atoms with Crippen LogP contribution in [0.2, 0.25) is 0 Å². The number of nitrogen functional groups attached to an aromatic ring is 1. The van der Waals surface area contributed by atoms with E-state index in [-0.39, 0.29) is 0 Å². The Morgan fingerprint density at radius 3 is 2.77 bits per heavy atom. The number of aromatic nitrogens is 2. The van der Waals surface area contributed by atoms with E-state index in [4.69, 9.17) is 5.73 Å². The fourth-order valence-corrected chi connectivity index (χ4v) is 1.72. The largest absolute Gasteiger partial charge is 0.398 e. The predicted octanol–water partition coefficient (Wildman–Crippen LogP) is 1.77. The summed E-state index contributed by atoms with van der Waals surface area (Å²) in [6.07, 6.45) is 1.82. The molecule has 0 saturated heterocycles. The molecule has 0 amide bonds.